The van der Waals surface area contributed by atoms with Gasteiger partial charge in [0.1, 0.15) is 0 Å². The summed E-state index contributed by atoms with van der Waals surface area (Å²) in [5.74, 6) is 7.26. The van der Waals surface area contributed by atoms with Crippen molar-refractivity contribution in [2.45, 2.75) is 67.2 Å². The molecule has 0 aliphatic heterocycles. The number of hydrogen-bond acceptors (Lipinski definition) is 2. The fourth-order valence-corrected chi connectivity index (χ4v) is 2.11. The molecule has 0 saturated carbocycles. The third-order valence-electron chi connectivity index (χ3n) is 3.42. The molecule has 0 rings (SSSR count). The Balaban J connectivity index is 4.03. The molecule has 0 aromatic carbocycles. The Hall–Kier alpha value is -1.49. The summed E-state index contributed by atoms with van der Waals surface area (Å²) in [7, 11) is 0. The lowest BCUT2D eigenvalue weighted by atomic mass is 9.97. The zero-order valence-electron chi connectivity index (χ0n) is 15.8. The van der Waals surface area contributed by atoms with Gasteiger partial charge in [-0.05, 0) is 30.8 Å². The van der Waals surface area contributed by atoms with Crippen LogP contribution in [0.3, 0.4) is 0 Å². The maximum Gasteiger partial charge on any atom is 0.331 e. The van der Waals surface area contributed by atoms with Crippen LogP contribution in [0.1, 0.15) is 67.2 Å². The van der Waals surface area contributed by atoms with Gasteiger partial charge in [-0.2, -0.15) is 0 Å². The largest absolute Gasteiger partial charge is 0.449 e. The second kappa shape index (κ2) is 13.0. The first-order valence-electron chi connectivity index (χ1n) is 8.81. The molecule has 0 fully saturated rings. The van der Waals surface area contributed by atoms with Crippen molar-refractivity contribution in [2.75, 3.05) is 6.61 Å². The molecule has 2 nitrogen and oxygen atoms in total. The standard InChI is InChI=1S/C21H34O2/c1-17(2)10-7-12-19(5)13-8-14-20(6)16-21(22)23-15-9-11-18(3)4/h8,14,16-19H,7,10,12-13,15H2,1-6H3. The van der Waals surface area contributed by atoms with Crippen molar-refractivity contribution in [3.05, 3.63) is 23.8 Å². The number of carbonyl (C=O) groups is 1. The summed E-state index contributed by atoms with van der Waals surface area (Å²) < 4.78 is 5.04. The molecule has 0 aliphatic rings. The molecule has 23 heavy (non-hydrogen) atoms. The Morgan fingerprint density at radius 3 is 2.43 bits per heavy atom. The average Bonchev–Trinajstić information content (AvgIpc) is 2.43. The van der Waals surface area contributed by atoms with Crippen LogP contribution >= 0.6 is 0 Å². The van der Waals surface area contributed by atoms with Crippen LogP contribution in [0, 0.1) is 29.6 Å². The van der Waals surface area contributed by atoms with Gasteiger partial charge in [0.15, 0.2) is 6.61 Å². The number of hydrogen-bond donors (Lipinski definition) is 0. The lowest BCUT2D eigenvalue weighted by Crippen LogP contribution is -2.01. The van der Waals surface area contributed by atoms with Crippen LogP contribution in [-0.2, 0) is 9.53 Å². The van der Waals surface area contributed by atoms with Gasteiger partial charge in [0, 0.05) is 12.0 Å². The quantitative estimate of drug-likeness (QED) is 0.241. The molecule has 0 radical (unpaired) electrons. The maximum absolute atomic E-state index is 11.6. The fourth-order valence-electron chi connectivity index (χ4n) is 2.11. The molecule has 0 spiro atoms. The van der Waals surface area contributed by atoms with Gasteiger partial charge in [-0.1, -0.05) is 77.9 Å². The Kier molecular flexibility index (Phi) is 12.2. The number of allylic oxidation sites excluding steroid dienone is 3. The Labute approximate surface area is 143 Å². The van der Waals surface area contributed by atoms with Crippen molar-refractivity contribution in [1.82, 2.24) is 0 Å². The van der Waals surface area contributed by atoms with Gasteiger partial charge in [0.05, 0.1) is 0 Å². The first-order valence-corrected chi connectivity index (χ1v) is 8.81. The minimum Gasteiger partial charge on any atom is -0.449 e. The van der Waals surface area contributed by atoms with Crippen LogP contribution in [0.4, 0.5) is 0 Å². The molecule has 0 amide bonds. The van der Waals surface area contributed by atoms with Crippen LogP contribution in [-0.4, -0.2) is 12.6 Å². The first-order chi connectivity index (χ1) is 10.8. The van der Waals surface area contributed by atoms with E-state index < -0.39 is 0 Å². The lowest BCUT2D eigenvalue weighted by Gasteiger charge is -2.09. The van der Waals surface area contributed by atoms with Gasteiger partial charge >= 0.3 is 5.97 Å². The molecule has 1 atom stereocenters. The summed E-state index contributed by atoms with van der Waals surface area (Å²) >= 11 is 0. The van der Waals surface area contributed by atoms with E-state index >= 15 is 0 Å². The molecular formula is C21H34O2. The predicted molar refractivity (Wildman–Crippen MR) is 98.9 cm³/mol. The van der Waals surface area contributed by atoms with Crippen LogP contribution in [0.25, 0.3) is 0 Å². The molecule has 0 aromatic heterocycles. The Morgan fingerprint density at radius 1 is 1.13 bits per heavy atom. The van der Waals surface area contributed by atoms with E-state index in [1.54, 1.807) is 0 Å². The molecule has 0 heterocycles. The van der Waals surface area contributed by atoms with Crippen LogP contribution < -0.4 is 0 Å². The third kappa shape index (κ3) is 15.2. The van der Waals surface area contributed by atoms with Gasteiger partial charge in [-0.15, -0.1) is 0 Å². The fraction of sp³-hybridized carbons (Fsp3) is 0.667. The second-order valence-corrected chi connectivity index (χ2v) is 7.04. The van der Waals surface area contributed by atoms with Crippen molar-refractivity contribution in [3.63, 3.8) is 0 Å². The normalized spacial score (nSPS) is 13.3. The highest BCUT2D eigenvalue weighted by atomic mass is 16.5. The molecule has 1 unspecified atom stereocenters. The van der Waals surface area contributed by atoms with E-state index in [-0.39, 0.29) is 12.6 Å². The number of ether oxygens (including phenoxy) is 1. The molecule has 130 valence electrons. The van der Waals surface area contributed by atoms with Gasteiger partial charge in [-0.25, -0.2) is 4.79 Å². The maximum atomic E-state index is 11.6. The van der Waals surface area contributed by atoms with E-state index in [2.05, 4.69) is 38.7 Å². The third-order valence-corrected chi connectivity index (χ3v) is 3.42. The topological polar surface area (TPSA) is 26.3 Å². The lowest BCUT2D eigenvalue weighted by molar-refractivity contribution is -0.136. The van der Waals surface area contributed by atoms with E-state index in [0.29, 0.717) is 11.8 Å². The smallest absolute Gasteiger partial charge is 0.331 e. The van der Waals surface area contributed by atoms with E-state index in [1.807, 2.05) is 26.8 Å². The molecule has 0 aromatic rings. The summed E-state index contributed by atoms with van der Waals surface area (Å²) in [5, 5.41) is 0. The molecule has 2 heteroatoms. The molecule has 0 saturated heterocycles. The van der Waals surface area contributed by atoms with Crippen molar-refractivity contribution < 1.29 is 9.53 Å². The van der Waals surface area contributed by atoms with Crippen molar-refractivity contribution in [3.8, 4) is 11.8 Å². The first kappa shape index (κ1) is 21.5. The minimum absolute atomic E-state index is 0.164. The Morgan fingerprint density at radius 2 is 1.83 bits per heavy atom. The number of esters is 1. The van der Waals surface area contributed by atoms with E-state index in [1.165, 1.54) is 25.3 Å². The van der Waals surface area contributed by atoms with Gasteiger partial charge in [-0.3, -0.25) is 0 Å². The summed E-state index contributed by atoms with van der Waals surface area (Å²) in [6.45, 7) is 12.9. The van der Waals surface area contributed by atoms with Crippen LogP contribution in [0.15, 0.2) is 23.8 Å². The van der Waals surface area contributed by atoms with E-state index in [0.717, 1.165) is 17.9 Å². The average molecular weight is 319 g/mol. The summed E-state index contributed by atoms with van der Waals surface area (Å²) in [6.07, 6.45) is 10.6. The van der Waals surface area contributed by atoms with Crippen molar-refractivity contribution in [1.29, 1.82) is 0 Å². The van der Waals surface area contributed by atoms with Crippen LogP contribution in [0.5, 0.6) is 0 Å². The number of rotatable bonds is 9. The van der Waals surface area contributed by atoms with Gasteiger partial charge in [0.2, 0.25) is 0 Å². The highest BCUT2D eigenvalue weighted by molar-refractivity contribution is 5.83. The van der Waals surface area contributed by atoms with Crippen molar-refractivity contribution in [2.24, 2.45) is 17.8 Å². The predicted octanol–water partition coefficient (Wildman–Crippen LogP) is 5.54. The number of carbonyl (C=O) groups excluding carboxylic acids is 1. The van der Waals surface area contributed by atoms with Gasteiger partial charge < -0.3 is 4.74 Å². The SMILES string of the molecule is CC(C=CCC(C)CCCC(C)C)=CC(=O)OCC#CC(C)C. The van der Waals surface area contributed by atoms with E-state index in [9.17, 15) is 4.79 Å². The summed E-state index contributed by atoms with van der Waals surface area (Å²) in [6, 6.07) is 0. The summed E-state index contributed by atoms with van der Waals surface area (Å²) in [5.41, 5.74) is 0.918. The zero-order chi connectivity index (χ0) is 17.7. The summed E-state index contributed by atoms with van der Waals surface area (Å²) in [4.78, 5) is 11.6. The minimum atomic E-state index is -0.324. The monoisotopic (exact) mass is 318 g/mol. The van der Waals surface area contributed by atoms with Gasteiger partial charge in [0.25, 0.3) is 0 Å². The molecular weight excluding hydrogens is 284 g/mol. The van der Waals surface area contributed by atoms with E-state index in [4.69, 9.17) is 4.74 Å². The molecule has 0 N–H and O–H groups in total. The second-order valence-electron chi connectivity index (χ2n) is 7.04. The molecule has 0 aliphatic carbocycles. The van der Waals surface area contributed by atoms with Crippen molar-refractivity contribution >= 4 is 5.97 Å². The Bertz CT molecular complexity index is 444. The zero-order valence-corrected chi connectivity index (χ0v) is 15.8. The van der Waals surface area contributed by atoms with Crippen LogP contribution in [0.2, 0.25) is 0 Å². The highest BCUT2D eigenvalue weighted by Crippen LogP contribution is 2.15. The molecule has 0 bridgehead atoms. The highest BCUT2D eigenvalue weighted by Gasteiger charge is 2.01.